The highest BCUT2D eigenvalue weighted by atomic mass is 35.5. The second-order valence-electron chi connectivity index (χ2n) is 5.74. The number of piperidine rings is 1. The standard InChI is InChI=1S/C14H17ClN2O4S/c1-10-2-3-11(8-12(10)15)22(19,20)17-6-4-14(5-7-17)9-16-13(18)21-14/h2-3,8H,4-7,9H2,1H3,(H,16,18). The Labute approximate surface area is 134 Å². The maximum absolute atomic E-state index is 12.7. The lowest BCUT2D eigenvalue weighted by molar-refractivity contribution is 0.0173. The Hall–Kier alpha value is -1.31. The van der Waals surface area contributed by atoms with Crippen LogP contribution in [0.4, 0.5) is 4.79 Å². The van der Waals surface area contributed by atoms with E-state index in [1.54, 1.807) is 12.1 Å². The highest BCUT2D eigenvalue weighted by molar-refractivity contribution is 7.89. The number of hydrogen-bond donors (Lipinski definition) is 1. The molecule has 2 aliphatic rings. The number of carbonyl (C=O) groups is 1. The molecule has 1 N–H and O–H groups in total. The number of sulfonamides is 1. The molecule has 0 aromatic heterocycles. The average molecular weight is 345 g/mol. The van der Waals surface area contributed by atoms with Crippen molar-refractivity contribution in [3.63, 3.8) is 0 Å². The fraction of sp³-hybridized carbons (Fsp3) is 0.500. The first-order chi connectivity index (χ1) is 10.3. The van der Waals surface area contributed by atoms with Crippen LogP contribution in [0, 0.1) is 6.92 Å². The molecule has 120 valence electrons. The normalized spacial score (nSPS) is 21.6. The third-order valence-corrected chi connectivity index (χ3v) is 6.58. The van der Waals surface area contributed by atoms with Crippen molar-refractivity contribution in [2.45, 2.75) is 30.3 Å². The van der Waals surface area contributed by atoms with E-state index in [4.69, 9.17) is 16.3 Å². The summed E-state index contributed by atoms with van der Waals surface area (Å²) in [6.45, 7) is 2.91. The van der Waals surface area contributed by atoms with Crippen LogP contribution in [0.2, 0.25) is 5.02 Å². The molecule has 1 aromatic rings. The average Bonchev–Trinajstić information content (AvgIpc) is 2.83. The van der Waals surface area contributed by atoms with Crippen LogP contribution in [0.1, 0.15) is 18.4 Å². The number of rotatable bonds is 2. The smallest absolute Gasteiger partial charge is 0.407 e. The lowest BCUT2D eigenvalue weighted by atomic mass is 9.93. The summed E-state index contributed by atoms with van der Waals surface area (Å²) < 4.78 is 32.0. The predicted molar refractivity (Wildman–Crippen MR) is 81.4 cm³/mol. The van der Waals surface area contributed by atoms with Gasteiger partial charge in [-0.15, -0.1) is 0 Å². The Kier molecular flexibility index (Phi) is 3.82. The zero-order valence-electron chi connectivity index (χ0n) is 12.1. The van der Waals surface area contributed by atoms with Gasteiger partial charge in [0.15, 0.2) is 0 Å². The quantitative estimate of drug-likeness (QED) is 0.889. The van der Waals surface area contributed by atoms with Gasteiger partial charge < -0.3 is 10.1 Å². The first-order valence-corrected chi connectivity index (χ1v) is 8.87. The molecular formula is C14H17ClN2O4S. The van der Waals surface area contributed by atoms with Crippen LogP contribution in [0.15, 0.2) is 23.1 Å². The van der Waals surface area contributed by atoms with Gasteiger partial charge in [-0.1, -0.05) is 17.7 Å². The fourth-order valence-corrected chi connectivity index (χ4v) is 4.51. The summed E-state index contributed by atoms with van der Waals surface area (Å²) >= 11 is 6.02. The van der Waals surface area contributed by atoms with E-state index in [0.717, 1.165) is 5.56 Å². The van der Waals surface area contributed by atoms with Crippen LogP contribution in [-0.2, 0) is 14.8 Å². The van der Waals surface area contributed by atoms with E-state index in [1.165, 1.54) is 10.4 Å². The molecule has 8 heteroatoms. The van der Waals surface area contributed by atoms with Crippen molar-refractivity contribution in [2.75, 3.05) is 19.6 Å². The number of nitrogens with one attached hydrogen (secondary N) is 1. The molecule has 6 nitrogen and oxygen atoms in total. The van der Waals surface area contributed by atoms with Gasteiger partial charge in [-0.25, -0.2) is 13.2 Å². The molecule has 2 heterocycles. The van der Waals surface area contributed by atoms with Crippen molar-refractivity contribution in [3.8, 4) is 0 Å². The summed E-state index contributed by atoms with van der Waals surface area (Å²) in [4.78, 5) is 11.4. The lowest BCUT2D eigenvalue weighted by Crippen LogP contribution is -2.48. The molecule has 0 unspecified atom stereocenters. The van der Waals surface area contributed by atoms with Crippen molar-refractivity contribution in [3.05, 3.63) is 28.8 Å². The second kappa shape index (κ2) is 5.40. The number of benzene rings is 1. The third-order valence-electron chi connectivity index (χ3n) is 4.28. The Balaban J connectivity index is 1.77. The van der Waals surface area contributed by atoms with Gasteiger partial charge in [0.1, 0.15) is 5.60 Å². The van der Waals surface area contributed by atoms with Gasteiger partial charge in [-0.2, -0.15) is 4.31 Å². The van der Waals surface area contributed by atoms with Gasteiger partial charge in [0.05, 0.1) is 11.4 Å². The van der Waals surface area contributed by atoms with Gasteiger partial charge in [0.2, 0.25) is 10.0 Å². The van der Waals surface area contributed by atoms with Crippen molar-refractivity contribution in [1.82, 2.24) is 9.62 Å². The van der Waals surface area contributed by atoms with Crippen LogP contribution in [-0.4, -0.2) is 44.1 Å². The van der Waals surface area contributed by atoms with E-state index in [-0.39, 0.29) is 4.90 Å². The van der Waals surface area contributed by atoms with Gasteiger partial charge in [0, 0.05) is 31.0 Å². The molecule has 1 aromatic carbocycles. The maximum atomic E-state index is 12.7. The summed E-state index contributed by atoms with van der Waals surface area (Å²) in [6.07, 6.45) is 0.552. The number of ether oxygens (including phenoxy) is 1. The highest BCUT2D eigenvalue weighted by Gasteiger charge is 2.45. The van der Waals surface area contributed by atoms with E-state index in [1.807, 2.05) is 6.92 Å². The fourth-order valence-electron chi connectivity index (χ4n) is 2.80. The van der Waals surface area contributed by atoms with Crippen molar-refractivity contribution >= 4 is 27.7 Å². The maximum Gasteiger partial charge on any atom is 0.407 e. The monoisotopic (exact) mass is 344 g/mol. The van der Waals surface area contributed by atoms with Crippen LogP contribution >= 0.6 is 11.6 Å². The Morgan fingerprint density at radius 1 is 1.32 bits per heavy atom. The molecule has 0 atom stereocenters. The minimum Gasteiger partial charge on any atom is -0.441 e. The molecule has 1 spiro atoms. The summed E-state index contributed by atoms with van der Waals surface area (Å²) in [6, 6.07) is 4.75. The summed E-state index contributed by atoms with van der Waals surface area (Å²) in [5, 5.41) is 3.07. The van der Waals surface area contributed by atoms with Crippen molar-refractivity contribution in [1.29, 1.82) is 0 Å². The van der Waals surface area contributed by atoms with Gasteiger partial charge in [0.25, 0.3) is 0 Å². The highest BCUT2D eigenvalue weighted by Crippen LogP contribution is 2.32. The molecule has 2 aliphatic heterocycles. The summed E-state index contributed by atoms with van der Waals surface area (Å²) in [5.41, 5.74) is 0.274. The number of aryl methyl sites for hydroxylation is 1. The number of nitrogens with zero attached hydrogens (tertiary/aromatic N) is 1. The molecule has 2 saturated heterocycles. The minimum absolute atomic E-state index is 0.195. The molecular weight excluding hydrogens is 328 g/mol. The first kappa shape index (κ1) is 15.6. The summed E-state index contributed by atoms with van der Waals surface area (Å²) in [5.74, 6) is 0. The third kappa shape index (κ3) is 2.68. The predicted octanol–water partition coefficient (Wildman–Crippen LogP) is 1.91. The van der Waals surface area contributed by atoms with Crippen LogP contribution in [0.3, 0.4) is 0 Å². The summed E-state index contributed by atoms with van der Waals surface area (Å²) in [7, 11) is -3.57. The topological polar surface area (TPSA) is 75.7 Å². The molecule has 0 radical (unpaired) electrons. The largest absolute Gasteiger partial charge is 0.441 e. The van der Waals surface area contributed by atoms with Crippen molar-refractivity contribution in [2.24, 2.45) is 0 Å². The van der Waals surface area contributed by atoms with Crippen LogP contribution < -0.4 is 5.32 Å². The van der Waals surface area contributed by atoms with Crippen molar-refractivity contribution < 1.29 is 17.9 Å². The van der Waals surface area contributed by atoms with Crippen LogP contribution in [0.5, 0.6) is 0 Å². The van der Waals surface area contributed by atoms with Gasteiger partial charge in [-0.05, 0) is 24.6 Å². The Bertz CT molecular complexity index is 712. The zero-order chi connectivity index (χ0) is 16.0. The second-order valence-corrected chi connectivity index (χ2v) is 8.09. The number of amides is 1. The number of alkyl carbamates (subject to hydrolysis) is 1. The lowest BCUT2D eigenvalue weighted by Gasteiger charge is -2.36. The SMILES string of the molecule is Cc1ccc(S(=O)(=O)N2CCC3(CC2)CNC(=O)O3)cc1Cl. The molecule has 2 fully saturated rings. The number of halogens is 1. The Morgan fingerprint density at radius 3 is 2.55 bits per heavy atom. The van der Waals surface area contributed by atoms with E-state index < -0.39 is 21.7 Å². The Morgan fingerprint density at radius 2 is 2.00 bits per heavy atom. The van der Waals surface area contributed by atoms with E-state index in [2.05, 4.69) is 5.32 Å². The number of carbonyl (C=O) groups excluding carboxylic acids is 1. The van der Waals surface area contributed by atoms with Gasteiger partial charge >= 0.3 is 6.09 Å². The van der Waals surface area contributed by atoms with E-state index >= 15 is 0 Å². The molecule has 3 rings (SSSR count). The number of hydrogen-bond acceptors (Lipinski definition) is 4. The van der Waals surface area contributed by atoms with E-state index in [9.17, 15) is 13.2 Å². The molecule has 0 bridgehead atoms. The molecule has 0 saturated carbocycles. The molecule has 1 amide bonds. The molecule has 22 heavy (non-hydrogen) atoms. The first-order valence-electron chi connectivity index (χ1n) is 7.06. The minimum atomic E-state index is -3.57. The van der Waals surface area contributed by atoms with E-state index in [0.29, 0.717) is 37.5 Å². The van der Waals surface area contributed by atoms with Gasteiger partial charge in [-0.3, -0.25) is 0 Å². The zero-order valence-corrected chi connectivity index (χ0v) is 13.7. The molecule has 0 aliphatic carbocycles. The van der Waals surface area contributed by atoms with Crippen LogP contribution in [0.25, 0.3) is 0 Å².